The molecule has 0 N–H and O–H groups in total. The Hall–Kier alpha value is -6.93. The van der Waals surface area contributed by atoms with E-state index in [1.165, 1.54) is 49.6 Å². The molecule has 3 aromatic heterocycles. The number of ether oxygens (including phenoxy) is 4. The number of carbonyl (C=O) groups excluding carboxylic acids is 2. The molecule has 0 saturated heterocycles. The minimum atomic E-state index is -2.73. The molecule has 0 atom stereocenters. The number of fused-ring (bicyclic) bond motifs is 2. The zero-order valence-electron chi connectivity index (χ0n) is 31.1. The molecule has 7 aromatic rings. The van der Waals surface area contributed by atoms with Crippen LogP contribution in [0.15, 0.2) is 138 Å². The molecule has 282 valence electrons. The minimum Gasteiger partial charge on any atom is -0.538 e. The molecule has 8 rings (SSSR count). The normalized spacial score (nSPS) is 13.4. The van der Waals surface area contributed by atoms with Crippen molar-refractivity contribution in [3.05, 3.63) is 150 Å². The Labute approximate surface area is 321 Å². The summed E-state index contributed by atoms with van der Waals surface area (Å²) in [5, 5.41) is -0.431. The summed E-state index contributed by atoms with van der Waals surface area (Å²) >= 11 is 0. The molecule has 0 fully saturated rings. The topological polar surface area (TPSA) is 146 Å². The first-order valence-electron chi connectivity index (χ1n) is 17.7. The van der Waals surface area contributed by atoms with Gasteiger partial charge in [0.15, 0.2) is 28.8 Å². The largest absolute Gasteiger partial charge is 0.538 e. The molecule has 0 radical (unpaired) electrons. The Morgan fingerprint density at radius 2 is 1.34 bits per heavy atom. The Morgan fingerprint density at radius 3 is 1.91 bits per heavy atom. The van der Waals surface area contributed by atoms with Gasteiger partial charge in [-0.2, -0.15) is 0 Å². The maximum atomic E-state index is 14.9. The summed E-state index contributed by atoms with van der Waals surface area (Å²) in [6.45, 7) is 10.2. The van der Waals surface area contributed by atoms with Crippen molar-refractivity contribution in [3.63, 3.8) is 0 Å². The van der Waals surface area contributed by atoms with Crippen LogP contribution in [0.4, 0.5) is 9.59 Å². The first-order valence-corrected chi connectivity index (χ1v) is 20.6. The summed E-state index contributed by atoms with van der Waals surface area (Å²) < 4.78 is 40.4. The average Bonchev–Trinajstić information content (AvgIpc) is 3.98. The van der Waals surface area contributed by atoms with E-state index in [0.717, 1.165) is 20.3 Å². The highest BCUT2D eigenvalue weighted by Gasteiger charge is 2.46. The number of hydrogen-bond donors (Lipinski definition) is 0. The zero-order valence-corrected chi connectivity index (χ0v) is 32.1. The maximum Gasteiger partial charge on any atom is 0.424 e. The molecule has 1 aliphatic heterocycles. The van der Waals surface area contributed by atoms with E-state index in [2.05, 4.69) is 9.97 Å². The van der Waals surface area contributed by atoms with Crippen molar-refractivity contribution < 1.29 is 37.4 Å². The monoisotopic (exact) mass is 768 g/mol. The molecule has 14 heteroatoms. The second-order valence-electron chi connectivity index (χ2n) is 14.6. The molecule has 0 amide bonds. The van der Waals surface area contributed by atoms with Crippen LogP contribution in [-0.4, -0.2) is 39.6 Å². The fraction of sp³-hybridized carbons (Fsp3) is 0.167. The Bertz CT molecular complexity index is 2600. The van der Waals surface area contributed by atoms with Gasteiger partial charge in [-0.15, -0.1) is 0 Å². The van der Waals surface area contributed by atoms with Crippen LogP contribution in [0, 0.1) is 0 Å². The third kappa shape index (κ3) is 6.49. The van der Waals surface area contributed by atoms with E-state index in [0.29, 0.717) is 17.1 Å². The second-order valence-corrected chi connectivity index (χ2v) is 19.4. The number of benzene rings is 4. The third-order valence-corrected chi connectivity index (χ3v) is 14.2. The standard InChI is InChI=1S/C42H36N4O9Si/c1-41(2,3)56(4,5)55-38-36(47)35-33(23-30(50-39(48)45-20-18-43-25-45)24-34(35)52-40(49)46-21-19-44-26-46)51-37(38)27-16-17-31-32(22-27)54-42(53-31,28-12-8-6-9-13-28)29-14-10-7-11-15-29/h6-26H,1-5H3. The van der Waals surface area contributed by atoms with Gasteiger partial charge in [-0.3, -0.25) is 4.79 Å². The number of imidazole rings is 2. The highest BCUT2D eigenvalue weighted by atomic mass is 28.4. The van der Waals surface area contributed by atoms with Gasteiger partial charge in [0.05, 0.1) is 0 Å². The van der Waals surface area contributed by atoms with Crippen molar-refractivity contribution in [1.82, 2.24) is 19.1 Å². The molecular formula is C42H36N4O9Si. The summed E-state index contributed by atoms with van der Waals surface area (Å²) in [6, 6.07) is 27.1. The van der Waals surface area contributed by atoms with E-state index < -0.39 is 31.7 Å². The molecule has 0 spiro atoms. The van der Waals surface area contributed by atoms with Crippen LogP contribution in [0.3, 0.4) is 0 Å². The van der Waals surface area contributed by atoms with Crippen molar-refractivity contribution in [3.8, 4) is 40.1 Å². The van der Waals surface area contributed by atoms with Gasteiger partial charge in [-0.25, -0.2) is 28.7 Å². The van der Waals surface area contributed by atoms with Crippen LogP contribution < -0.4 is 28.8 Å². The van der Waals surface area contributed by atoms with E-state index in [4.69, 9.17) is 27.8 Å². The number of nitrogens with zero attached hydrogens (tertiary/aromatic N) is 4. The van der Waals surface area contributed by atoms with Crippen molar-refractivity contribution in [2.75, 3.05) is 0 Å². The molecular weight excluding hydrogens is 733 g/mol. The molecule has 0 bridgehead atoms. The number of rotatable bonds is 7. The van der Waals surface area contributed by atoms with Crippen molar-refractivity contribution in [2.24, 2.45) is 0 Å². The summed E-state index contributed by atoms with van der Waals surface area (Å²) in [5.41, 5.74) is 1.34. The van der Waals surface area contributed by atoms with Crippen LogP contribution in [0.1, 0.15) is 31.9 Å². The summed E-state index contributed by atoms with van der Waals surface area (Å²) in [7, 11) is -2.73. The van der Waals surface area contributed by atoms with Crippen LogP contribution in [0.25, 0.3) is 22.3 Å². The van der Waals surface area contributed by atoms with Crippen LogP contribution in [0.5, 0.6) is 28.7 Å². The summed E-state index contributed by atoms with van der Waals surface area (Å²) in [5.74, 6) is -0.720. The lowest BCUT2D eigenvalue weighted by Gasteiger charge is -2.36. The van der Waals surface area contributed by atoms with Gasteiger partial charge in [0, 0.05) is 53.6 Å². The van der Waals surface area contributed by atoms with Gasteiger partial charge in [0.2, 0.25) is 5.43 Å². The lowest BCUT2D eigenvalue weighted by molar-refractivity contribution is -0.0459. The van der Waals surface area contributed by atoms with Gasteiger partial charge in [-0.05, 0) is 36.3 Å². The van der Waals surface area contributed by atoms with E-state index in [-0.39, 0.29) is 39.0 Å². The second kappa shape index (κ2) is 13.7. The predicted molar refractivity (Wildman–Crippen MR) is 208 cm³/mol. The van der Waals surface area contributed by atoms with Crippen LogP contribution in [0.2, 0.25) is 18.1 Å². The number of carbonyl (C=O) groups is 2. The van der Waals surface area contributed by atoms with Crippen molar-refractivity contribution in [2.45, 2.75) is 44.7 Å². The maximum absolute atomic E-state index is 14.9. The highest BCUT2D eigenvalue weighted by molar-refractivity contribution is 6.74. The van der Waals surface area contributed by atoms with Crippen LogP contribution in [-0.2, 0) is 5.79 Å². The lowest BCUT2D eigenvalue weighted by Crippen LogP contribution is -2.45. The predicted octanol–water partition coefficient (Wildman–Crippen LogP) is 9.00. The average molecular weight is 769 g/mol. The fourth-order valence-electron chi connectivity index (χ4n) is 5.97. The molecule has 56 heavy (non-hydrogen) atoms. The van der Waals surface area contributed by atoms with E-state index >= 15 is 0 Å². The summed E-state index contributed by atoms with van der Waals surface area (Å²) in [4.78, 5) is 49.0. The van der Waals surface area contributed by atoms with Crippen molar-refractivity contribution in [1.29, 1.82) is 0 Å². The molecule has 4 aromatic carbocycles. The first kappa shape index (κ1) is 36.1. The minimum absolute atomic E-state index is 0.0440. The van der Waals surface area contributed by atoms with Gasteiger partial charge in [0.1, 0.15) is 29.4 Å². The summed E-state index contributed by atoms with van der Waals surface area (Å²) in [6.07, 6.45) is 6.49. The molecule has 0 unspecified atom stereocenters. The van der Waals surface area contributed by atoms with Crippen molar-refractivity contribution >= 4 is 31.5 Å². The van der Waals surface area contributed by atoms with Gasteiger partial charge >= 0.3 is 18.0 Å². The van der Waals surface area contributed by atoms with Gasteiger partial charge in [-0.1, -0.05) is 81.4 Å². The van der Waals surface area contributed by atoms with E-state index in [1.807, 2.05) is 94.5 Å². The van der Waals surface area contributed by atoms with E-state index in [9.17, 15) is 14.4 Å². The Morgan fingerprint density at radius 1 is 0.750 bits per heavy atom. The molecule has 4 heterocycles. The SMILES string of the molecule is CC(C)(C)[Si](C)(C)Oc1c(-c2ccc3c(c2)OC(c2ccccc2)(c2ccccc2)O3)oc2cc(OC(=O)n3ccnc3)cc(OC(=O)n3ccnc3)c2c1=O. The molecule has 0 aliphatic carbocycles. The van der Waals surface area contributed by atoms with Gasteiger partial charge < -0.3 is 27.8 Å². The quantitative estimate of drug-likeness (QED) is 0.143. The van der Waals surface area contributed by atoms with Gasteiger partial charge in [0.25, 0.3) is 8.32 Å². The lowest BCUT2D eigenvalue weighted by atomic mass is 9.97. The van der Waals surface area contributed by atoms with E-state index in [1.54, 1.807) is 18.2 Å². The number of aromatic nitrogens is 4. The molecule has 0 saturated carbocycles. The molecule has 13 nitrogen and oxygen atoms in total. The fourth-order valence-corrected chi connectivity index (χ4v) is 6.97. The number of hydrogen-bond acceptors (Lipinski definition) is 11. The Balaban J connectivity index is 1.31. The van der Waals surface area contributed by atoms with Crippen LogP contribution >= 0.6 is 0 Å². The highest BCUT2D eigenvalue weighted by Crippen LogP contribution is 2.50. The zero-order chi connectivity index (χ0) is 39.2. The first-order chi connectivity index (χ1) is 26.8. The smallest absolute Gasteiger partial charge is 0.424 e. The molecule has 1 aliphatic rings. The third-order valence-electron chi connectivity index (χ3n) is 9.91. The Kier molecular flexibility index (Phi) is 8.84.